The number of aliphatic hydroxyl groups is 1. The molecule has 0 aliphatic carbocycles. The second-order valence-electron chi connectivity index (χ2n) is 2.74. The lowest BCUT2D eigenvalue weighted by Crippen LogP contribution is -1.89. The number of phenolic OH excluding ortho intramolecular Hbond substituents is 1. The van der Waals surface area contributed by atoms with Crippen molar-refractivity contribution in [1.82, 2.24) is 0 Å². The molecule has 0 atom stereocenters. The lowest BCUT2D eigenvalue weighted by Gasteiger charge is -1.95. The number of nitro groups is 1. The summed E-state index contributed by atoms with van der Waals surface area (Å²) >= 11 is 0. The van der Waals surface area contributed by atoms with Crippen molar-refractivity contribution in [3.05, 3.63) is 33.9 Å². The molecule has 0 saturated carbocycles. The minimum absolute atomic E-state index is 0.0484. The van der Waals surface area contributed by atoms with Crippen LogP contribution >= 0.6 is 0 Å². The lowest BCUT2D eigenvalue weighted by molar-refractivity contribution is -0.385. The zero-order valence-electron chi connectivity index (χ0n) is 7.80. The average Bonchev–Trinajstić information content (AvgIpc) is 2.20. The predicted molar refractivity (Wildman–Crippen MR) is 53.3 cm³/mol. The van der Waals surface area contributed by atoms with Crippen molar-refractivity contribution in [2.75, 3.05) is 6.61 Å². The fourth-order valence-electron chi connectivity index (χ4n) is 0.968. The summed E-state index contributed by atoms with van der Waals surface area (Å²) in [4.78, 5) is 9.79. The summed E-state index contributed by atoms with van der Waals surface area (Å²) in [5.74, 6) is 4.89. The first kappa shape index (κ1) is 11.0. The van der Waals surface area contributed by atoms with Gasteiger partial charge in [-0.05, 0) is 12.1 Å². The molecule has 15 heavy (non-hydrogen) atoms. The van der Waals surface area contributed by atoms with Gasteiger partial charge in [0.1, 0.15) is 0 Å². The second kappa shape index (κ2) is 4.98. The lowest BCUT2D eigenvalue weighted by atomic mass is 10.2. The molecule has 0 spiro atoms. The SMILES string of the molecule is O=[N+]([O-])c1cc(C#CCCO)ccc1O. The summed E-state index contributed by atoms with van der Waals surface area (Å²) in [6.45, 7) is -0.0484. The summed E-state index contributed by atoms with van der Waals surface area (Å²) in [6, 6.07) is 3.90. The third kappa shape index (κ3) is 2.97. The van der Waals surface area contributed by atoms with Gasteiger partial charge in [-0.25, -0.2) is 0 Å². The number of nitrogens with zero attached hydrogens (tertiary/aromatic N) is 1. The molecule has 1 aromatic rings. The fraction of sp³-hybridized carbons (Fsp3) is 0.200. The summed E-state index contributed by atoms with van der Waals surface area (Å²) in [5, 5.41) is 28.1. The molecule has 0 bridgehead atoms. The van der Waals surface area contributed by atoms with Crippen LogP contribution in [0, 0.1) is 22.0 Å². The van der Waals surface area contributed by atoms with Crippen LogP contribution in [0.5, 0.6) is 5.75 Å². The third-order valence-electron chi connectivity index (χ3n) is 1.64. The molecule has 1 rings (SSSR count). The Hall–Kier alpha value is -2.06. The molecular formula is C10H9NO4. The van der Waals surface area contributed by atoms with Crippen molar-refractivity contribution in [2.45, 2.75) is 6.42 Å². The van der Waals surface area contributed by atoms with Gasteiger partial charge in [0, 0.05) is 18.1 Å². The molecule has 0 aliphatic rings. The van der Waals surface area contributed by atoms with Crippen LogP contribution in [-0.2, 0) is 0 Å². The van der Waals surface area contributed by atoms with Crippen molar-refractivity contribution in [3.63, 3.8) is 0 Å². The monoisotopic (exact) mass is 207 g/mol. The third-order valence-corrected chi connectivity index (χ3v) is 1.64. The largest absolute Gasteiger partial charge is 0.502 e. The van der Waals surface area contributed by atoms with Gasteiger partial charge in [0.25, 0.3) is 0 Å². The quantitative estimate of drug-likeness (QED) is 0.431. The molecule has 5 heteroatoms. The molecule has 0 unspecified atom stereocenters. The average molecular weight is 207 g/mol. The highest BCUT2D eigenvalue weighted by atomic mass is 16.6. The van der Waals surface area contributed by atoms with E-state index in [9.17, 15) is 10.1 Å². The maximum absolute atomic E-state index is 10.5. The molecule has 0 fully saturated rings. The second-order valence-corrected chi connectivity index (χ2v) is 2.74. The van der Waals surface area contributed by atoms with Crippen LogP contribution in [0.3, 0.4) is 0 Å². The number of nitro benzene ring substituents is 1. The zero-order chi connectivity index (χ0) is 11.3. The zero-order valence-corrected chi connectivity index (χ0v) is 7.80. The van der Waals surface area contributed by atoms with Crippen molar-refractivity contribution in [1.29, 1.82) is 0 Å². The number of hydrogen-bond acceptors (Lipinski definition) is 4. The topological polar surface area (TPSA) is 83.6 Å². The molecule has 0 radical (unpaired) electrons. The molecule has 2 N–H and O–H groups in total. The van der Waals surface area contributed by atoms with Crippen molar-refractivity contribution < 1.29 is 15.1 Å². The van der Waals surface area contributed by atoms with E-state index in [4.69, 9.17) is 10.2 Å². The normalized spacial score (nSPS) is 9.13. The first-order valence-electron chi connectivity index (χ1n) is 4.22. The molecular weight excluding hydrogens is 198 g/mol. The molecule has 0 amide bonds. The highest BCUT2D eigenvalue weighted by Gasteiger charge is 2.12. The van der Waals surface area contributed by atoms with Gasteiger partial charge < -0.3 is 10.2 Å². The Morgan fingerprint density at radius 2 is 2.20 bits per heavy atom. The first-order chi connectivity index (χ1) is 7.15. The summed E-state index contributed by atoms with van der Waals surface area (Å²) < 4.78 is 0. The van der Waals surface area contributed by atoms with Gasteiger partial charge >= 0.3 is 5.69 Å². The van der Waals surface area contributed by atoms with E-state index in [0.717, 1.165) is 0 Å². The number of hydrogen-bond donors (Lipinski definition) is 2. The first-order valence-corrected chi connectivity index (χ1v) is 4.22. The smallest absolute Gasteiger partial charge is 0.311 e. The number of aromatic hydroxyl groups is 1. The van der Waals surface area contributed by atoms with Crippen molar-refractivity contribution in [2.24, 2.45) is 0 Å². The van der Waals surface area contributed by atoms with Crippen LogP contribution in [0.2, 0.25) is 0 Å². The molecule has 0 aromatic heterocycles. The van der Waals surface area contributed by atoms with Gasteiger partial charge in [-0.2, -0.15) is 0 Å². The van der Waals surface area contributed by atoms with E-state index in [1.165, 1.54) is 18.2 Å². The van der Waals surface area contributed by atoms with E-state index >= 15 is 0 Å². The highest BCUT2D eigenvalue weighted by Crippen LogP contribution is 2.25. The van der Waals surface area contributed by atoms with Gasteiger partial charge in [0.05, 0.1) is 11.5 Å². The summed E-state index contributed by atoms with van der Waals surface area (Å²) in [5.41, 5.74) is 0.0683. The van der Waals surface area contributed by atoms with Crippen LogP contribution in [0.15, 0.2) is 18.2 Å². The van der Waals surface area contributed by atoms with Crippen LogP contribution in [0.1, 0.15) is 12.0 Å². The van der Waals surface area contributed by atoms with Crippen LogP contribution in [0.4, 0.5) is 5.69 Å². The van der Waals surface area contributed by atoms with Gasteiger partial charge in [-0.3, -0.25) is 10.1 Å². The minimum atomic E-state index is -0.674. The van der Waals surface area contributed by atoms with Crippen LogP contribution < -0.4 is 0 Å². The standard InChI is InChI=1S/C10H9NO4/c12-6-2-1-3-8-4-5-10(13)9(7-8)11(14)15/h4-5,7,12-13H,2,6H2. The Morgan fingerprint density at radius 1 is 1.47 bits per heavy atom. The fourth-order valence-corrected chi connectivity index (χ4v) is 0.968. The summed E-state index contributed by atoms with van der Waals surface area (Å²) in [6.07, 6.45) is 0.314. The minimum Gasteiger partial charge on any atom is -0.502 e. The molecule has 0 heterocycles. The Morgan fingerprint density at radius 3 is 2.80 bits per heavy atom. The van der Waals surface area contributed by atoms with Crippen LogP contribution in [0.25, 0.3) is 0 Å². The molecule has 0 saturated heterocycles. The molecule has 5 nitrogen and oxygen atoms in total. The summed E-state index contributed by atoms with van der Waals surface area (Å²) in [7, 11) is 0. The number of benzene rings is 1. The Balaban J connectivity index is 2.99. The predicted octanol–water partition coefficient (Wildman–Crippen LogP) is 1.03. The Kier molecular flexibility index (Phi) is 3.66. The highest BCUT2D eigenvalue weighted by molar-refractivity contribution is 5.51. The van der Waals surface area contributed by atoms with Gasteiger partial charge in [0.2, 0.25) is 0 Å². The van der Waals surface area contributed by atoms with Crippen molar-refractivity contribution in [3.8, 4) is 17.6 Å². The van der Waals surface area contributed by atoms with E-state index in [1.807, 2.05) is 0 Å². The van der Waals surface area contributed by atoms with E-state index in [0.29, 0.717) is 12.0 Å². The number of aliphatic hydroxyl groups excluding tert-OH is 1. The maximum atomic E-state index is 10.5. The van der Waals surface area contributed by atoms with Crippen molar-refractivity contribution >= 4 is 5.69 Å². The van der Waals surface area contributed by atoms with Gasteiger partial charge in [-0.1, -0.05) is 11.8 Å². The van der Waals surface area contributed by atoms with E-state index in [2.05, 4.69) is 11.8 Å². The Bertz CT molecular complexity index is 431. The Labute approximate surface area is 86.1 Å². The number of phenols is 1. The van der Waals surface area contributed by atoms with E-state index in [1.54, 1.807) is 0 Å². The number of rotatable bonds is 2. The van der Waals surface area contributed by atoms with E-state index in [-0.39, 0.29) is 18.0 Å². The van der Waals surface area contributed by atoms with Gasteiger partial charge in [0.15, 0.2) is 5.75 Å². The molecule has 78 valence electrons. The van der Waals surface area contributed by atoms with Crippen LogP contribution in [-0.4, -0.2) is 21.7 Å². The van der Waals surface area contributed by atoms with E-state index < -0.39 is 4.92 Å². The van der Waals surface area contributed by atoms with Gasteiger partial charge in [-0.15, -0.1) is 0 Å². The maximum Gasteiger partial charge on any atom is 0.311 e. The molecule has 0 aliphatic heterocycles. The molecule has 1 aromatic carbocycles.